The summed E-state index contributed by atoms with van der Waals surface area (Å²) in [5, 5.41) is 0.479. The SMILES string of the molecule is CCOP(=O)(Cc1coc2c(C)cccc2c1=O)OCC. The van der Waals surface area contributed by atoms with Gasteiger partial charge in [0.15, 0.2) is 5.43 Å². The third-order valence-corrected chi connectivity index (χ3v) is 5.11. The van der Waals surface area contributed by atoms with E-state index in [9.17, 15) is 9.36 Å². The number of rotatable bonds is 6. The Morgan fingerprint density at radius 3 is 2.48 bits per heavy atom. The highest BCUT2D eigenvalue weighted by Gasteiger charge is 2.26. The van der Waals surface area contributed by atoms with E-state index in [0.29, 0.717) is 16.5 Å². The van der Waals surface area contributed by atoms with Crippen LogP contribution in [0.5, 0.6) is 0 Å². The minimum atomic E-state index is -3.32. The molecule has 0 saturated heterocycles. The molecule has 2 rings (SSSR count). The van der Waals surface area contributed by atoms with Crippen molar-refractivity contribution in [2.45, 2.75) is 26.9 Å². The van der Waals surface area contributed by atoms with Crippen LogP contribution in [0.2, 0.25) is 0 Å². The van der Waals surface area contributed by atoms with Crippen molar-refractivity contribution < 1.29 is 18.0 Å². The first kappa shape index (κ1) is 16.0. The summed E-state index contributed by atoms with van der Waals surface area (Å²) in [7, 11) is -3.32. The minimum Gasteiger partial charge on any atom is -0.463 e. The first-order valence-corrected chi connectivity index (χ1v) is 8.61. The zero-order valence-corrected chi connectivity index (χ0v) is 13.3. The number of fused-ring (bicyclic) bond motifs is 1. The van der Waals surface area contributed by atoms with Gasteiger partial charge in [0, 0.05) is 5.56 Å². The van der Waals surface area contributed by atoms with Gasteiger partial charge in [-0.15, -0.1) is 0 Å². The van der Waals surface area contributed by atoms with Crippen molar-refractivity contribution in [3.8, 4) is 0 Å². The monoisotopic (exact) mass is 310 g/mol. The van der Waals surface area contributed by atoms with Crippen LogP contribution in [-0.4, -0.2) is 13.2 Å². The largest absolute Gasteiger partial charge is 0.463 e. The molecule has 0 aliphatic rings. The molecule has 0 saturated carbocycles. The quantitative estimate of drug-likeness (QED) is 0.758. The number of aryl methyl sites for hydroxylation is 1. The van der Waals surface area contributed by atoms with Crippen LogP contribution >= 0.6 is 7.60 Å². The van der Waals surface area contributed by atoms with Crippen molar-refractivity contribution >= 4 is 18.6 Å². The van der Waals surface area contributed by atoms with E-state index in [4.69, 9.17) is 13.5 Å². The Labute approximate surface area is 123 Å². The molecular weight excluding hydrogens is 291 g/mol. The Hall–Kier alpha value is -1.42. The number of hydrogen-bond acceptors (Lipinski definition) is 5. The molecule has 0 N–H and O–H groups in total. The van der Waals surface area contributed by atoms with Gasteiger partial charge in [0.25, 0.3) is 0 Å². The van der Waals surface area contributed by atoms with Crippen molar-refractivity contribution in [1.82, 2.24) is 0 Å². The van der Waals surface area contributed by atoms with Gasteiger partial charge in [-0.05, 0) is 32.4 Å². The van der Waals surface area contributed by atoms with Gasteiger partial charge in [0.1, 0.15) is 5.58 Å². The van der Waals surface area contributed by atoms with Gasteiger partial charge in [0.2, 0.25) is 0 Å². The third kappa shape index (κ3) is 3.43. The summed E-state index contributed by atoms with van der Waals surface area (Å²) in [6.45, 7) is 5.86. The van der Waals surface area contributed by atoms with Gasteiger partial charge in [-0.2, -0.15) is 0 Å². The van der Waals surface area contributed by atoms with Crippen LogP contribution in [0.1, 0.15) is 25.0 Å². The fourth-order valence-electron chi connectivity index (χ4n) is 2.18. The number of hydrogen-bond donors (Lipinski definition) is 0. The molecule has 6 heteroatoms. The highest BCUT2D eigenvalue weighted by molar-refractivity contribution is 7.53. The van der Waals surface area contributed by atoms with Crippen LogP contribution in [0.15, 0.2) is 33.7 Å². The molecule has 0 bridgehead atoms. The highest BCUT2D eigenvalue weighted by atomic mass is 31.2. The molecule has 0 aliphatic carbocycles. The molecule has 0 spiro atoms. The molecule has 0 aliphatic heterocycles. The van der Waals surface area contributed by atoms with Crippen molar-refractivity contribution in [1.29, 1.82) is 0 Å². The van der Waals surface area contributed by atoms with Crippen LogP contribution in [0.3, 0.4) is 0 Å². The van der Waals surface area contributed by atoms with Crippen molar-refractivity contribution in [3.05, 3.63) is 45.8 Å². The lowest BCUT2D eigenvalue weighted by Gasteiger charge is -2.16. The topological polar surface area (TPSA) is 65.7 Å². The number of para-hydroxylation sites is 1. The van der Waals surface area contributed by atoms with Crippen molar-refractivity contribution in [3.63, 3.8) is 0 Å². The summed E-state index contributed by atoms with van der Waals surface area (Å²) < 4.78 is 28.5. The second-order valence-electron chi connectivity index (χ2n) is 4.65. The van der Waals surface area contributed by atoms with Crippen LogP contribution in [0, 0.1) is 6.92 Å². The summed E-state index contributed by atoms with van der Waals surface area (Å²) in [5.74, 6) is 0. The second kappa shape index (κ2) is 6.56. The predicted molar refractivity (Wildman–Crippen MR) is 81.8 cm³/mol. The van der Waals surface area contributed by atoms with Crippen LogP contribution in [-0.2, 0) is 19.8 Å². The molecule has 1 aromatic heterocycles. The Balaban J connectivity index is 2.46. The molecule has 0 radical (unpaired) electrons. The van der Waals surface area contributed by atoms with Gasteiger partial charge in [0.05, 0.1) is 31.0 Å². The first-order chi connectivity index (χ1) is 10.0. The summed E-state index contributed by atoms with van der Waals surface area (Å²) in [5.41, 5.74) is 1.54. The van der Waals surface area contributed by atoms with E-state index in [-0.39, 0.29) is 24.8 Å². The van der Waals surface area contributed by atoms with E-state index in [1.54, 1.807) is 26.0 Å². The second-order valence-corrected chi connectivity index (χ2v) is 6.70. The lowest BCUT2D eigenvalue weighted by Crippen LogP contribution is -2.11. The summed E-state index contributed by atoms with van der Waals surface area (Å²) in [6, 6.07) is 5.36. The minimum absolute atomic E-state index is 0.0824. The Morgan fingerprint density at radius 1 is 1.19 bits per heavy atom. The zero-order valence-electron chi connectivity index (χ0n) is 12.4. The number of benzene rings is 1. The fourth-order valence-corrected chi connectivity index (χ4v) is 3.86. The van der Waals surface area contributed by atoms with E-state index in [0.717, 1.165) is 5.56 Å². The van der Waals surface area contributed by atoms with Gasteiger partial charge >= 0.3 is 7.60 Å². The predicted octanol–water partition coefficient (Wildman–Crippen LogP) is 3.87. The zero-order chi connectivity index (χ0) is 15.5. The standard InChI is InChI=1S/C15H19O5P/c1-4-19-21(17,20-5-2)10-12-9-18-15-11(3)7-6-8-13(15)14(12)16/h6-9H,4-5,10H2,1-3H3. The third-order valence-electron chi connectivity index (χ3n) is 3.08. The molecule has 2 aromatic rings. The van der Waals surface area contributed by atoms with Crippen molar-refractivity contribution in [2.24, 2.45) is 0 Å². The van der Waals surface area contributed by atoms with Gasteiger partial charge in [-0.3, -0.25) is 9.36 Å². The maximum Gasteiger partial charge on any atom is 0.335 e. The van der Waals surface area contributed by atoms with E-state index in [2.05, 4.69) is 0 Å². The van der Waals surface area contributed by atoms with Gasteiger partial charge in [-0.1, -0.05) is 12.1 Å². The summed E-state index contributed by atoms with van der Waals surface area (Å²) >= 11 is 0. The Bertz CT molecular complexity index is 724. The molecule has 21 heavy (non-hydrogen) atoms. The maximum atomic E-state index is 12.5. The molecule has 1 heterocycles. The van der Waals surface area contributed by atoms with E-state index < -0.39 is 7.60 Å². The van der Waals surface area contributed by atoms with Gasteiger partial charge in [-0.25, -0.2) is 0 Å². The molecule has 0 fully saturated rings. The highest BCUT2D eigenvalue weighted by Crippen LogP contribution is 2.50. The Morgan fingerprint density at radius 2 is 1.86 bits per heavy atom. The summed E-state index contributed by atoms with van der Waals surface area (Å²) in [4.78, 5) is 12.5. The van der Waals surface area contributed by atoms with E-state index >= 15 is 0 Å². The normalized spacial score (nSPS) is 12.0. The smallest absolute Gasteiger partial charge is 0.335 e. The molecule has 5 nitrogen and oxygen atoms in total. The van der Waals surface area contributed by atoms with Crippen LogP contribution < -0.4 is 5.43 Å². The van der Waals surface area contributed by atoms with E-state index in [1.807, 2.05) is 13.0 Å². The molecule has 1 aromatic carbocycles. The lowest BCUT2D eigenvalue weighted by atomic mass is 10.1. The molecule has 0 unspecified atom stereocenters. The van der Waals surface area contributed by atoms with Gasteiger partial charge < -0.3 is 13.5 Å². The average Bonchev–Trinajstić information content (AvgIpc) is 2.43. The molecule has 0 atom stereocenters. The van der Waals surface area contributed by atoms with Crippen LogP contribution in [0.4, 0.5) is 0 Å². The summed E-state index contributed by atoms with van der Waals surface area (Å²) in [6.07, 6.45) is 1.27. The fraction of sp³-hybridized carbons (Fsp3) is 0.400. The Kier molecular flexibility index (Phi) is 4.99. The molecular formula is C15H19O5P. The van der Waals surface area contributed by atoms with E-state index in [1.165, 1.54) is 6.26 Å². The van der Waals surface area contributed by atoms with Crippen LogP contribution in [0.25, 0.3) is 11.0 Å². The van der Waals surface area contributed by atoms with Crippen molar-refractivity contribution in [2.75, 3.05) is 13.2 Å². The molecule has 114 valence electrons. The maximum absolute atomic E-state index is 12.5. The molecule has 0 amide bonds. The lowest BCUT2D eigenvalue weighted by molar-refractivity contribution is 0.219. The average molecular weight is 310 g/mol. The first-order valence-electron chi connectivity index (χ1n) is 6.89.